The summed E-state index contributed by atoms with van der Waals surface area (Å²) in [6.45, 7) is 4.14. The fraction of sp³-hybridized carbons (Fsp3) is 0.143. The van der Waals surface area contributed by atoms with E-state index < -0.39 is 0 Å². The maximum atomic E-state index is 5.56. The van der Waals surface area contributed by atoms with Crippen LogP contribution in [0.25, 0.3) is 17.1 Å². The van der Waals surface area contributed by atoms with E-state index in [-0.39, 0.29) is 6.04 Å². The molecule has 0 amide bonds. The van der Waals surface area contributed by atoms with E-state index in [1.165, 1.54) is 0 Å². The number of rotatable bonds is 5. The molecule has 4 aromatic rings. The molecular weight excluding hydrogens is 440 g/mol. The molecule has 0 atom stereocenters. The fourth-order valence-corrected chi connectivity index (χ4v) is 4.44. The molecule has 0 spiro atoms. The molecule has 0 fully saturated rings. The number of nitrogens with zero attached hydrogens (tertiary/aromatic N) is 4. The Labute approximate surface area is 204 Å². The van der Waals surface area contributed by atoms with Gasteiger partial charge in [-0.1, -0.05) is 66.2 Å². The van der Waals surface area contributed by atoms with Crippen LogP contribution in [-0.2, 0) is 0 Å². The molecule has 5 nitrogen and oxygen atoms in total. The molecule has 0 aliphatic carbocycles. The molecule has 1 aromatic heterocycles. The standard InChI is InChI=1S/C28H24N4OS/c1-18(2)16-24-29-22-15-14-21(33-3)17-23(22)32(24)27-25(19-10-6-4-7-11-19)30-28(34)31-26(27)20-12-8-5-9-13-20/h4-17,27H,1-3H3. The molecule has 0 unspecified atom stereocenters. The lowest BCUT2D eigenvalue weighted by molar-refractivity contribution is 0.415. The lowest BCUT2D eigenvalue weighted by Crippen LogP contribution is -2.33. The smallest absolute Gasteiger partial charge is 0.219 e. The second kappa shape index (κ2) is 9.15. The van der Waals surface area contributed by atoms with E-state index in [0.717, 1.165) is 50.7 Å². The summed E-state index contributed by atoms with van der Waals surface area (Å²) in [5.41, 5.74) is 6.62. The quantitative estimate of drug-likeness (QED) is 0.326. The van der Waals surface area contributed by atoms with Gasteiger partial charge in [0.2, 0.25) is 5.11 Å². The molecule has 0 saturated heterocycles. The van der Waals surface area contributed by atoms with E-state index >= 15 is 0 Å². The number of fused-ring (bicyclic) bond motifs is 1. The first-order valence-electron chi connectivity index (χ1n) is 11.1. The zero-order valence-corrected chi connectivity index (χ0v) is 20.1. The van der Waals surface area contributed by atoms with Gasteiger partial charge < -0.3 is 9.30 Å². The second-order valence-electron chi connectivity index (χ2n) is 8.33. The van der Waals surface area contributed by atoms with Crippen LogP contribution in [0.15, 0.2) is 94.4 Å². The molecule has 6 heteroatoms. The summed E-state index contributed by atoms with van der Waals surface area (Å²) in [6.07, 6.45) is 2.09. The van der Waals surface area contributed by atoms with Gasteiger partial charge in [0.05, 0.1) is 29.6 Å². The van der Waals surface area contributed by atoms with Crippen molar-refractivity contribution >= 4 is 45.9 Å². The van der Waals surface area contributed by atoms with Crippen LogP contribution in [0, 0.1) is 0 Å². The van der Waals surface area contributed by atoms with Gasteiger partial charge in [-0.3, -0.25) is 0 Å². The van der Waals surface area contributed by atoms with E-state index in [9.17, 15) is 0 Å². The van der Waals surface area contributed by atoms with Crippen molar-refractivity contribution in [1.82, 2.24) is 9.55 Å². The molecule has 0 radical (unpaired) electrons. The summed E-state index contributed by atoms with van der Waals surface area (Å²) >= 11 is 5.55. The first-order chi connectivity index (χ1) is 16.5. The van der Waals surface area contributed by atoms with Crippen LogP contribution < -0.4 is 4.74 Å². The summed E-state index contributed by atoms with van der Waals surface area (Å²) in [5.74, 6) is 1.59. The van der Waals surface area contributed by atoms with Gasteiger partial charge in [-0.15, -0.1) is 0 Å². The number of aromatic nitrogens is 2. The number of thiocarbonyl (C=S) groups is 1. The minimum absolute atomic E-state index is 0.319. The largest absolute Gasteiger partial charge is 0.497 e. The minimum atomic E-state index is -0.334. The minimum Gasteiger partial charge on any atom is -0.497 e. The SMILES string of the molecule is COc1ccc2nc(C=C(C)C)n(C3C(c4ccccc4)=NC(=S)N=C3c3ccccc3)c2c1. The zero-order chi connectivity index (χ0) is 23.7. The van der Waals surface area contributed by atoms with E-state index in [4.69, 9.17) is 31.9 Å². The molecule has 1 aliphatic rings. The number of aliphatic imine (C=N–C) groups is 2. The molecule has 3 aromatic carbocycles. The van der Waals surface area contributed by atoms with Gasteiger partial charge in [0.1, 0.15) is 17.6 Å². The lowest BCUT2D eigenvalue weighted by Gasteiger charge is -2.28. The molecule has 0 bridgehead atoms. The Morgan fingerprint density at radius 2 is 1.47 bits per heavy atom. The van der Waals surface area contributed by atoms with Crippen molar-refractivity contribution in [2.45, 2.75) is 19.9 Å². The highest BCUT2D eigenvalue weighted by atomic mass is 32.1. The van der Waals surface area contributed by atoms with Crippen LogP contribution in [0.2, 0.25) is 0 Å². The second-order valence-corrected chi connectivity index (χ2v) is 8.69. The first-order valence-corrected chi connectivity index (χ1v) is 11.5. The van der Waals surface area contributed by atoms with Crippen molar-refractivity contribution in [1.29, 1.82) is 0 Å². The molecule has 0 saturated carbocycles. The van der Waals surface area contributed by atoms with Crippen molar-refractivity contribution in [2.24, 2.45) is 9.98 Å². The van der Waals surface area contributed by atoms with Gasteiger partial charge in [0, 0.05) is 6.07 Å². The summed E-state index contributed by atoms with van der Waals surface area (Å²) < 4.78 is 7.76. The maximum Gasteiger partial charge on any atom is 0.219 e. The highest BCUT2D eigenvalue weighted by Crippen LogP contribution is 2.33. The third-order valence-corrected chi connectivity index (χ3v) is 5.87. The van der Waals surface area contributed by atoms with Crippen molar-refractivity contribution in [3.63, 3.8) is 0 Å². The highest BCUT2D eigenvalue weighted by molar-refractivity contribution is 7.80. The van der Waals surface area contributed by atoms with Gasteiger partial charge in [-0.05, 0) is 55.4 Å². The van der Waals surface area contributed by atoms with Crippen LogP contribution in [-0.4, -0.2) is 33.2 Å². The molecule has 168 valence electrons. The molecule has 0 N–H and O–H groups in total. The lowest BCUT2D eigenvalue weighted by atomic mass is 9.93. The van der Waals surface area contributed by atoms with Gasteiger partial charge in [-0.2, -0.15) is 0 Å². The summed E-state index contributed by atoms with van der Waals surface area (Å²) in [5, 5.41) is 0.319. The van der Waals surface area contributed by atoms with Crippen molar-refractivity contribution in [3.8, 4) is 5.75 Å². The van der Waals surface area contributed by atoms with Crippen molar-refractivity contribution < 1.29 is 4.74 Å². The average molecular weight is 465 g/mol. The predicted octanol–water partition coefficient (Wildman–Crippen LogP) is 6.29. The number of hydrogen-bond acceptors (Lipinski definition) is 3. The van der Waals surface area contributed by atoms with Crippen molar-refractivity contribution in [3.05, 3.63) is 101 Å². The molecular formula is C28H24N4OS. The number of allylic oxidation sites excluding steroid dienone is 1. The van der Waals surface area contributed by atoms with Crippen LogP contribution in [0.4, 0.5) is 0 Å². The number of ether oxygens (including phenoxy) is 1. The third kappa shape index (κ3) is 4.08. The van der Waals surface area contributed by atoms with Crippen LogP contribution >= 0.6 is 12.2 Å². The van der Waals surface area contributed by atoms with E-state index in [2.05, 4.69) is 48.8 Å². The van der Waals surface area contributed by atoms with E-state index in [1.54, 1.807) is 7.11 Å². The number of methoxy groups -OCH3 is 1. The maximum absolute atomic E-state index is 5.56. The van der Waals surface area contributed by atoms with Crippen LogP contribution in [0.3, 0.4) is 0 Å². The van der Waals surface area contributed by atoms with Crippen LogP contribution in [0.5, 0.6) is 5.75 Å². The third-order valence-electron chi connectivity index (χ3n) is 5.69. The summed E-state index contributed by atoms with van der Waals surface area (Å²) in [7, 11) is 1.67. The molecule has 2 heterocycles. The monoisotopic (exact) mass is 464 g/mol. The Hall–Kier alpha value is -3.90. The topological polar surface area (TPSA) is 51.8 Å². The Kier molecular flexibility index (Phi) is 5.90. The summed E-state index contributed by atoms with van der Waals surface area (Å²) in [4.78, 5) is 14.6. The average Bonchev–Trinajstić information content (AvgIpc) is 3.20. The molecule has 1 aliphatic heterocycles. The first kappa shape index (κ1) is 21.9. The van der Waals surface area contributed by atoms with Crippen molar-refractivity contribution in [2.75, 3.05) is 7.11 Å². The molecule has 34 heavy (non-hydrogen) atoms. The Balaban J connectivity index is 1.85. The Morgan fingerprint density at radius 1 is 0.882 bits per heavy atom. The van der Waals surface area contributed by atoms with E-state index in [0.29, 0.717) is 5.11 Å². The Morgan fingerprint density at radius 3 is 2.00 bits per heavy atom. The Bertz CT molecular complexity index is 1400. The fourth-order valence-electron chi connectivity index (χ4n) is 4.24. The highest BCUT2D eigenvalue weighted by Gasteiger charge is 2.33. The predicted molar refractivity (Wildman–Crippen MR) is 143 cm³/mol. The van der Waals surface area contributed by atoms with Gasteiger partial charge in [-0.25, -0.2) is 15.0 Å². The summed E-state index contributed by atoms with van der Waals surface area (Å²) in [6, 6.07) is 25.9. The van der Waals surface area contributed by atoms with Crippen LogP contribution in [0.1, 0.15) is 36.8 Å². The van der Waals surface area contributed by atoms with Gasteiger partial charge >= 0.3 is 0 Å². The zero-order valence-electron chi connectivity index (χ0n) is 19.3. The number of imidazole rings is 1. The van der Waals surface area contributed by atoms with Gasteiger partial charge in [0.15, 0.2) is 0 Å². The normalized spacial score (nSPS) is 14.0. The molecule has 5 rings (SSSR count). The van der Waals surface area contributed by atoms with E-state index in [1.807, 2.05) is 54.6 Å². The van der Waals surface area contributed by atoms with Gasteiger partial charge in [0.25, 0.3) is 0 Å². The number of benzene rings is 3. The number of hydrogen-bond donors (Lipinski definition) is 0.